The fourth-order valence-corrected chi connectivity index (χ4v) is 0.400. The van der Waals surface area contributed by atoms with Gasteiger partial charge in [0.25, 0.3) is 0 Å². The molecule has 0 aromatic heterocycles. The normalized spacial score (nSPS) is 14.0. The quantitative estimate of drug-likeness (QED) is 0.501. The van der Waals surface area contributed by atoms with Gasteiger partial charge in [0.2, 0.25) is 0 Å². The van der Waals surface area contributed by atoms with Crippen molar-refractivity contribution >= 4 is 0 Å². The Morgan fingerprint density at radius 1 is 0.833 bits per heavy atom. The van der Waals surface area contributed by atoms with E-state index >= 15 is 0 Å². The minimum Gasteiger partial charge on any atom is -0.262 e. The molecule has 0 aromatic carbocycles. The Morgan fingerprint density at radius 2 is 1.08 bits per heavy atom. The highest BCUT2D eigenvalue weighted by Crippen LogP contribution is 2.24. The van der Waals surface area contributed by atoms with E-state index in [0.717, 1.165) is 0 Å². The highest BCUT2D eigenvalue weighted by molar-refractivity contribution is 4.36. The lowest BCUT2D eigenvalue weighted by Crippen LogP contribution is -2.29. The first kappa shape index (κ1) is 11.5. The van der Waals surface area contributed by atoms with E-state index in [4.69, 9.17) is 0 Å². The summed E-state index contributed by atoms with van der Waals surface area (Å²) in [6, 6.07) is 0. The molecule has 0 saturated carbocycles. The molecule has 12 heavy (non-hydrogen) atoms. The van der Waals surface area contributed by atoms with Gasteiger partial charge in [-0.1, -0.05) is 0 Å². The molecule has 8 heteroatoms. The molecule has 0 spiro atoms. The average molecular weight is 198 g/mol. The van der Waals surface area contributed by atoms with Gasteiger partial charge in [-0.05, 0) is 6.92 Å². The summed E-state index contributed by atoms with van der Waals surface area (Å²) >= 11 is 0. The standard InChI is InChI=1S/C4H4F6O2/c1-2(11-3(5,6)7)12-4(8,9)10/h2H,1H3. The van der Waals surface area contributed by atoms with Crippen molar-refractivity contribution in [2.24, 2.45) is 0 Å². The molecule has 0 N–H and O–H groups in total. The Morgan fingerprint density at radius 3 is 1.25 bits per heavy atom. The van der Waals surface area contributed by atoms with E-state index in [9.17, 15) is 26.3 Å². The molecular weight excluding hydrogens is 194 g/mol. The first-order chi connectivity index (χ1) is 5.10. The lowest BCUT2D eigenvalue weighted by Gasteiger charge is -2.16. The third kappa shape index (κ3) is 7.61. The van der Waals surface area contributed by atoms with Crippen LogP contribution in [0.4, 0.5) is 26.3 Å². The van der Waals surface area contributed by atoms with Gasteiger partial charge in [0.15, 0.2) is 6.29 Å². The van der Waals surface area contributed by atoms with Gasteiger partial charge in [-0.2, -0.15) is 0 Å². The summed E-state index contributed by atoms with van der Waals surface area (Å²) in [5.41, 5.74) is 0. The van der Waals surface area contributed by atoms with Crippen molar-refractivity contribution in [3.63, 3.8) is 0 Å². The SMILES string of the molecule is CC(OC(F)(F)F)OC(F)(F)F. The van der Waals surface area contributed by atoms with E-state index in [1.165, 1.54) is 0 Å². The Balaban J connectivity index is 3.83. The molecule has 0 aliphatic heterocycles. The van der Waals surface area contributed by atoms with Crippen LogP contribution in [-0.2, 0) is 9.47 Å². The zero-order chi connectivity index (χ0) is 9.99. The second kappa shape index (κ2) is 3.48. The summed E-state index contributed by atoms with van der Waals surface area (Å²) in [6.07, 6.45) is -12.7. The van der Waals surface area contributed by atoms with E-state index < -0.39 is 19.0 Å². The summed E-state index contributed by atoms with van der Waals surface area (Å²) in [7, 11) is 0. The van der Waals surface area contributed by atoms with Gasteiger partial charge in [0.1, 0.15) is 0 Å². The topological polar surface area (TPSA) is 18.5 Å². The number of rotatable bonds is 2. The van der Waals surface area contributed by atoms with E-state index in [-0.39, 0.29) is 0 Å². The van der Waals surface area contributed by atoms with Crippen molar-refractivity contribution in [1.29, 1.82) is 0 Å². The van der Waals surface area contributed by atoms with Crippen molar-refractivity contribution < 1.29 is 35.8 Å². The van der Waals surface area contributed by atoms with E-state index in [2.05, 4.69) is 9.47 Å². The molecular formula is C4H4F6O2. The van der Waals surface area contributed by atoms with Gasteiger partial charge in [-0.25, -0.2) is 0 Å². The first-order valence-electron chi connectivity index (χ1n) is 2.59. The Labute approximate surface area is 63.1 Å². The molecule has 0 fully saturated rings. The second-order valence-corrected chi connectivity index (χ2v) is 1.69. The van der Waals surface area contributed by atoms with Crippen LogP contribution in [0.15, 0.2) is 0 Å². The Hall–Kier alpha value is -0.500. The summed E-state index contributed by atoms with van der Waals surface area (Å²) < 4.78 is 73.0. The first-order valence-corrected chi connectivity index (χ1v) is 2.59. The molecule has 0 radical (unpaired) electrons. The largest absolute Gasteiger partial charge is 0.524 e. The summed E-state index contributed by atoms with van der Waals surface area (Å²) in [6.45, 7) is 0.487. The molecule has 0 amide bonds. The molecule has 0 heterocycles. The molecule has 0 aromatic rings. The predicted octanol–water partition coefficient (Wildman–Crippen LogP) is 2.41. The summed E-state index contributed by atoms with van der Waals surface area (Å²) in [5, 5.41) is 0. The van der Waals surface area contributed by atoms with Crippen molar-refractivity contribution in [3.8, 4) is 0 Å². The molecule has 2 nitrogen and oxygen atoms in total. The number of hydrogen-bond acceptors (Lipinski definition) is 2. The van der Waals surface area contributed by atoms with Crippen molar-refractivity contribution in [1.82, 2.24) is 0 Å². The van der Waals surface area contributed by atoms with Crippen molar-refractivity contribution in [2.45, 2.75) is 25.9 Å². The second-order valence-electron chi connectivity index (χ2n) is 1.69. The third-order valence-electron chi connectivity index (χ3n) is 0.599. The van der Waals surface area contributed by atoms with Crippen LogP contribution in [0.2, 0.25) is 0 Å². The predicted molar refractivity (Wildman–Crippen MR) is 23.7 cm³/mol. The van der Waals surface area contributed by atoms with Crippen LogP contribution in [0.5, 0.6) is 0 Å². The van der Waals surface area contributed by atoms with Crippen LogP contribution in [0, 0.1) is 0 Å². The zero-order valence-corrected chi connectivity index (χ0v) is 5.66. The van der Waals surface area contributed by atoms with E-state index in [0.29, 0.717) is 6.92 Å². The molecule has 0 aliphatic carbocycles. The fraction of sp³-hybridized carbons (Fsp3) is 1.00. The third-order valence-corrected chi connectivity index (χ3v) is 0.599. The highest BCUT2D eigenvalue weighted by atomic mass is 19.4. The van der Waals surface area contributed by atoms with Gasteiger partial charge in [-0.15, -0.1) is 26.3 Å². The monoisotopic (exact) mass is 198 g/mol. The van der Waals surface area contributed by atoms with Crippen molar-refractivity contribution in [2.75, 3.05) is 0 Å². The van der Waals surface area contributed by atoms with Gasteiger partial charge >= 0.3 is 12.7 Å². The fourth-order valence-electron chi connectivity index (χ4n) is 0.400. The van der Waals surface area contributed by atoms with Crippen LogP contribution in [0.3, 0.4) is 0 Å². The molecule has 0 aliphatic rings. The van der Waals surface area contributed by atoms with E-state index in [1.54, 1.807) is 0 Å². The molecule has 0 saturated heterocycles. The van der Waals surface area contributed by atoms with Gasteiger partial charge < -0.3 is 0 Å². The maximum Gasteiger partial charge on any atom is 0.524 e. The smallest absolute Gasteiger partial charge is 0.262 e. The lowest BCUT2D eigenvalue weighted by atomic mass is 10.7. The molecule has 0 atom stereocenters. The lowest BCUT2D eigenvalue weighted by molar-refractivity contribution is -0.434. The highest BCUT2D eigenvalue weighted by Gasteiger charge is 2.38. The number of ether oxygens (including phenoxy) is 2. The maximum absolute atomic E-state index is 11.2. The van der Waals surface area contributed by atoms with E-state index in [1.807, 2.05) is 0 Å². The number of hydrogen-bond donors (Lipinski definition) is 0. The van der Waals surface area contributed by atoms with Gasteiger partial charge in [0, 0.05) is 0 Å². The van der Waals surface area contributed by atoms with Crippen LogP contribution in [0.25, 0.3) is 0 Å². The maximum atomic E-state index is 11.2. The average Bonchev–Trinajstić information content (AvgIpc) is 1.49. The number of alkyl halides is 6. The van der Waals surface area contributed by atoms with Gasteiger partial charge in [0.05, 0.1) is 0 Å². The zero-order valence-electron chi connectivity index (χ0n) is 5.66. The molecule has 0 bridgehead atoms. The summed E-state index contributed by atoms with van der Waals surface area (Å²) in [5.74, 6) is 0. The van der Waals surface area contributed by atoms with Gasteiger partial charge in [-0.3, -0.25) is 9.47 Å². The Bertz CT molecular complexity index is 121. The minimum atomic E-state index is -5.13. The summed E-state index contributed by atoms with van der Waals surface area (Å²) in [4.78, 5) is 0. The minimum absolute atomic E-state index is 0.487. The van der Waals surface area contributed by atoms with Crippen LogP contribution in [-0.4, -0.2) is 19.0 Å². The molecule has 74 valence electrons. The van der Waals surface area contributed by atoms with Crippen molar-refractivity contribution in [3.05, 3.63) is 0 Å². The van der Waals surface area contributed by atoms with Crippen LogP contribution < -0.4 is 0 Å². The van der Waals surface area contributed by atoms with Crippen LogP contribution >= 0.6 is 0 Å². The van der Waals surface area contributed by atoms with Crippen LogP contribution in [0.1, 0.15) is 6.92 Å². The molecule has 0 rings (SSSR count). The number of halogens is 6. The Kier molecular flexibility index (Phi) is 3.34. The molecule has 0 unspecified atom stereocenters.